The lowest BCUT2D eigenvalue weighted by atomic mass is 10.1. The van der Waals surface area contributed by atoms with Crippen molar-refractivity contribution < 1.29 is 23.5 Å². The molecule has 3 N–H and O–H groups in total. The first kappa shape index (κ1) is 35.5. The Labute approximate surface area is 276 Å². The molecule has 0 aliphatic carbocycles. The monoisotopic (exact) mass is 650 g/mol. The van der Waals surface area contributed by atoms with Crippen LogP contribution in [0, 0.1) is 5.82 Å². The molecule has 3 heterocycles. The minimum absolute atomic E-state index is 0.229. The molecule has 0 atom stereocenters. The molecule has 3 aromatic rings. The average molecular weight is 651 g/mol. The van der Waals surface area contributed by atoms with Gasteiger partial charge in [-0.2, -0.15) is 0 Å². The maximum atomic E-state index is 15.6. The van der Waals surface area contributed by atoms with E-state index in [2.05, 4.69) is 40.7 Å². The van der Waals surface area contributed by atoms with E-state index in [1.54, 1.807) is 30.7 Å². The van der Waals surface area contributed by atoms with Crippen LogP contribution < -0.4 is 16.0 Å². The van der Waals surface area contributed by atoms with Gasteiger partial charge in [-0.05, 0) is 71.7 Å². The zero-order valence-corrected chi connectivity index (χ0v) is 28.2. The fourth-order valence-corrected chi connectivity index (χ4v) is 4.88. The minimum atomic E-state index is -0.532. The zero-order valence-electron chi connectivity index (χ0n) is 28.2. The molecule has 1 amide bonds. The normalized spacial score (nSPS) is 14.4. The number of aromatic nitrogens is 3. The van der Waals surface area contributed by atoms with Gasteiger partial charge in [-0.3, -0.25) is 14.6 Å². The first-order valence-corrected chi connectivity index (χ1v) is 15.9. The number of alkyl carbamates (subject to hydrolysis) is 1. The van der Waals surface area contributed by atoms with Gasteiger partial charge in [0.15, 0.2) is 5.82 Å². The van der Waals surface area contributed by atoms with Crippen LogP contribution in [0.15, 0.2) is 48.9 Å². The number of esters is 1. The molecular formula is C34H47FN8O4. The largest absolute Gasteiger partial charge is 0.459 e. The molecule has 1 aromatic carbocycles. The summed E-state index contributed by atoms with van der Waals surface area (Å²) in [6.45, 7) is 15.7. The van der Waals surface area contributed by atoms with Crippen LogP contribution in [0.1, 0.15) is 53.5 Å². The van der Waals surface area contributed by atoms with Crippen molar-refractivity contribution in [1.29, 1.82) is 0 Å². The summed E-state index contributed by atoms with van der Waals surface area (Å²) >= 11 is 0. The number of hydrogen-bond donors (Lipinski definition) is 3. The summed E-state index contributed by atoms with van der Waals surface area (Å²) in [6.07, 6.45) is 5.31. The number of pyridine rings is 1. The Hall–Kier alpha value is -4.36. The number of halogens is 1. The van der Waals surface area contributed by atoms with Crippen LogP contribution in [0.25, 0.3) is 11.1 Å². The third kappa shape index (κ3) is 12.1. The van der Waals surface area contributed by atoms with Crippen LogP contribution >= 0.6 is 0 Å². The molecule has 1 saturated heterocycles. The summed E-state index contributed by atoms with van der Waals surface area (Å²) < 4.78 is 26.3. The third-order valence-corrected chi connectivity index (χ3v) is 7.02. The van der Waals surface area contributed by atoms with E-state index in [1.807, 2.05) is 59.7 Å². The van der Waals surface area contributed by atoms with Crippen molar-refractivity contribution in [3.8, 4) is 11.1 Å². The van der Waals surface area contributed by atoms with Gasteiger partial charge in [0.05, 0.1) is 12.2 Å². The van der Waals surface area contributed by atoms with Crippen LogP contribution in [0.4, 0.5) is 26.6 Å². The number of rotatable bonds is 12. The number of carbonyl (C=O) groups excluding carboxylic acids is 2. The molecule has 4 rings (SSSR count). The fourth-order valence-electron chi connectivity index (χ4n) is 4.88. The quantitative estimate of drug-likeness (QED) is 0.176. The van der Waals surface area contributed by atoms with Crippen molar-refractivity contribution in [2.24, 2.45) is 0 Å². The van der Waals surface area contributed by atoms with Crippen molar-refractivity contribution in [3.05, 3.63) is 60.3 Å². The average Bonchev–Trinajstić information content (AvgIpc) is 2.98. The summed E-state index contributed by atoms with van der Waals surface area (Å²) in [6, 6.07) is 8.98. The molecule has 2 aromatic heterocycles. The second-order valence-electron chi connectivity index (χ2n) is 13.5. The van der Waals surface area contributed by atoms with Crippen LogP contribution in [-0.4, -0.2) is 93.8 Å². The van der Waals surface area contributed by atoms with E-state index in [0.717, 1.165) is 24.2 Å². The Morgan fingerprint density at radius 1 is 0.872 bits per heavy atom. The molecule has 1 fully saturated rings. The number of amides is 1. The summed E-state index contributed by atoms with van der Waals surface area (Å²) in [5, 5.41) is 8.99. The number of piperazine rings is 1. The molecule has 254 valence electrons. The molecular weight excluding hydrogens is 603 g/mol. The Morgan fingerprint density at radius 2 is 1.55 bits per heavy atom. The Morgan fingerprint density at radius 3 is 2.23 bits per heavy atom. The van der Waals surface area contributed by atoms with Crippen LogP contribution in [-0.2, 0) is 20.8 Å². The smallest absolute Gasteiger partial charge is 0.407 e. The van der Waals surface area contributed by atoms with E-state index >= 15 is 4.39 Å². The van der Waals surface area contributed by atoms with Gasteiger partial charge in [-0.15, -0.1) is 0 Å². The predicted molar refractivity (Wildman–Crippen MR) is 180 cm³/mol. The topological polar surface area (TPSA) is 134 Å². The predicted octanol–water partition coefficient (Wildman–Crippen LogP) is 5.21. The highest BCUT2D eigenvalue weighted by Gasteiger charge is 2.23. The molecule has 1 aliphatic rings. The Bertz CT molecular complexity index is 1480. The Balaban J connectivity index is 1.26. The van der Waals surface area contributed by atoms with Crippen molar-refractivity contribution in [1.82, 2.24) is 30.1 Å². The molecule has 47 heavy (non-hydrogen) atoms. The van der Waals surface area contributed by atoms with E-state index < -0.39 is 17.3 Å². The highest BCUT2D eigenvalue weighted by molar-refractivity contribution is 5.72. The van der Waals surface area contributed by atoms with Crippen LogP contribution in [0.2, 0.25) is 0 Å². The zero-order chi connectivity index (χ0) is 34.0. The summed E-state index contributed by atoms with van der Waals surface area (Å²) in [5.74, 6) is 0.417. The lowest BCUT2D eigenvalue weighted by Gasteiger charge is -2.34. The first-order valence-electron chi connectivity index (χ1n) is 15.9. The molecule has 12 nitrogen and oxygen atoms in total. The lowest BCUT2D eigenvalue weighted by molar-refractivity contribution is -0.156. The van der Waals surface area contributed by atoms with E-state index in [0.29, 0.717) is 62.2 Å². The van der Waals surface area contributed by atoms with E-state index in [1.165, 1.54) is 0 Å². The van der Waals surface area contributed by atoms with Gasteiger partial charge in [0.25, 0.3) is 0 Å². The fraction of sp³-hybridized carbons (Fsp3) is 0.500. The van der Waals surface area contributed by atoms with Crippen molar-refractivity contribution >= 4 is 29.5 Å². The second-order valence-corrected chi connectivity index (χ2v) is 13.5. The van der Waals surface area contributed by atoms with Gasteiger partial charge in [-0.1, -0.05) is 12.1 Å². The molecule has 1 aliphatic heterocycles. The van der Waals surface area contributed by atoms with Crippen LogP contribution in [0.5, 0.6) is 0 Å². The highest BCUT2D eigenvalue weighted by atomic mass is 19.1. The van der Waals surface area contributed by atoms with Gasteiger partial charge in [0.1, 0.15) is 17.0 Å². The highest BCUT2D eigenvalue weighted by Crippen LogP contribution is 2.26. The number of carbonyl (C=O) groups is 2. The van der Waals surface area contributed by atoms with Gasteiger partial charge < -0.3 is 25.4 Å². The standard InChI is InChI=1S/C34H47FN8O4/c1-33(2,3)46-29(44)23-43-17-15-42(16-18-43)22-25-9-7-10-27(30(25)35)41-28-19-24(11-14-36-28)26-20-39-31(40-21-26)37-12-8-13-38-32(45)47-34(4,5)6/h7,9-11,14,19-21H,8,12-13,15-18,22-23H2,1-6H3,(H,36,41)(H,38,45)(H,37,39,40). The van der Waals surface area contributed by atoms with E-state index in [4.69, 9.17) is 9.47 Å². The first-order chi connectivity index (χ1) is 22.2. The van der Waals surface area contributed by atoms with Crippen molar-refractivity contribution in [2.45, 2.75) is 65.7 Å². The molecule has 0 saturated carbocycles. The number of benzene rings is 1. The molecule has 13 heteroatoms. The SMILES string of the molecule is CC(C)(C)OC(=O)CN1CCN(Cc2cccc(Nc3cc(-c4cnc(NCCCNC(=O)OC(C)(C)C)nc4)ccn3)c2F)CC1. The maximum absolute atomic E-state index is 15.6. The number of nitrogens with one attached hydrogen (secondary N) is 3. The number of anilines is 3. The maximum Gasteiger partial charge on any atom is 0.407 e. The van der Waals surface area contributed by atoms with Crippen LogP contribution in [0.3, 0.4) is 0 Å². The lowest BCUT2D eigenvalue weighted by Crippen LogP contribution is -2.48. The van der Waals surface area contributed by atoms with Gasteiger partial charge in [0.2, 0.25) is 5.95 Å². The summed E-state index contributed by atoms with van der Waals surface area (Å²) in [7, 11) is 0. The van der Waals surface area contributed by atoms with Gasteiger partial charge in [-0.25, -0.2) is 24.1 Å². The van der Waals surface area contributed by atoms with Gasteiger partial charge >= 0.3 is 12.1 Å². The number of ether oxygens (including phenoxy) is 2. The molecule has 0 bridgehead atoms. The van der Waals surface area contributed by atoms with Gasteiger partial charge in [0, 0.05) is 75.5 Å². The Kier molecular flexibility index (Phi) is 12.1. The summed E-state index contributed by atoms with van der Waals surface area (Å²) in [4.78, 5) is 41.4. The van der Waals surface area contributed by atoms with Crippen molar-refractivity contribution in [3.63, 3.8) is 0 Å². The number of hydrogen-bond acceptors (Lipinski definition) is 11. The van der Waals surface area contributed by atoms with E-state index in [9.17, 15) is 9.59 Å². The second kappa shape index (κ2) is 16.0. The molecule has 0 spiro atoms. The van der Waals surface area contributed by atoms with Crippen molar-refractivity contribution in [2.75, 3.05) is 56.4 Å². The molecule has 0 unspecified atom stereocenters. The minimum Gasteiger partial charge on any atom is -0.459 e. The van der Waals surface area contributed by atoms with E-state index in [-0.39, 0.29) is 18.3 Å². The molecule has 0 radical (unpaired) electrons. The number of nitrogens with zero attached hydrogens (tertiary/aromatic N) is 5. The summed E-state index contributed by atoms with van der Waals surface area (Å²) in [5.41, 5.74) is 1.51. The third-order valence-electron chi connectivity index (χ3n) is 7.02.